The number of ether oxygens (including phenoxy) is 2. The molecule has 0 bridgehead atoms. The first-order valence-corrected chi connectivity index (χ1v) is 12.3. The molecule has 1 aliphatic rings. The van der Waals surface area contributed by atoms with E-state index >= 15 is 0 Å². The molecule has 1 aliphatic heterocycles. The van der Waals surface area contributed by atoms with Crippen LogP contribution in [0.25, 0.3) is 5.76 Å². The van der Waals surface area contributed by atoms with Crippen molar-refractivity contribution in [1.82, 2.24) is 0 Å². The predicted molar refractivity (Wildman–Crippen MR) is 137 cm³/mol. The molecule has 0 radical (unpaired) electrons. The zero-order chi connectivity index (χ0) is 25.7. The molecule has 188 valence electrons. The first kappa shape index (κ1) is 25.1. The first-order chi connectivity index (χ1) is 17.4. The average Bonchev–Trinajstić information content (AvgIpc) is 3.43. The summed E-state index contributed by atoms with van der Waals surface area (Å²) in [6, 6.07) is 16.3. The lowest BCUT2D eigenvalue weighted by atomic mass is 9.99. The van der Waals surface area contributed by atoms with Gasteiger partial charge in [0.05, 0.1) is 18.8 Å². The molecule has 36 heavy (non-hydrogen) atoms. The number of amides is 1. The van der Waals surface area contributed by atoms with Crippen LogP contribution in [0.3, 0.4) is 0 Å². The number of ketones is 1. The topological polar surface area (TPSA) is 89.2 Å². The Morgan fingerprint density at radius 1 is 0.917 bits per heavy atom. The van der Waals surface area contributed by atoms with Crippen molar-refractivity contribution in [3.05, 3.63) is 83.3 Å². The van der Waals surface area contributed by atoms with Gasteiger partial charge in [-0.25, -0.2) is 0 Å². The molecule has 1 amide bonds. The van der Waals surface area contributed by atoms with Gasteiger partial charge in [0.2, 0.25) is 0 Å². The van der Waals surface area contributed by atoms with Gasteiger partial charge in [-0.05, 0) is 80.9 Å². The molecule has 4 rings (SSSR count). The fourth-order valence-electron chi connectivity index (χ4n) is 4.24. The summed E-state index contributed by atoms with van der Waals surface area (Å²) in [5.41, 5.74) is 0.878. The monoisotopic (exact) mass is 489 g/mol. The Kier molecular flexibility index (Phi) is 7.78. The second kappa shape index (κ2) is 11.2. The predicted octanol–water partition coefficient (Wildman–Crippen LogP) is 6.18. The Morgan fingerprint density at radius 2 is 1.58 bits per heavy atom. The molecule has 1 aromatic heterocycles. The number of hydrogen-bond acceptors (Lipinski definition) is 6. The number of carbonyl (C=O) groups is 2. The molecule has 0 spiro atoms. The Labute approximate surface area is 210 Å². The van der Waals surface area contributed by atoms with Crippen molar-refractivity contribution in [3.63, 3.8) is 0 Å². The molecule has 0 aliphatic carbocycles. The van der Waals surface area contributed by atoms with Gasteiger partial charge in [-0.3, -0.25) is 14.5 Å². The Hall–Kier alpha value is -4.00. The summed E-state index contributed by atoms with van der Waals surface area (Å²) in [7, 11) is 0. The molecular weight excluding hydrogens is 458 g/mol. The second-order valence-corrected chi connectivity index (χ2v) is 8.62. The molecule has 1 atom stereocenters. The SMILES string of the molecule is CCCCCOc1ccc(/C(O)=C2/C(=O)C(=O)N(c3ccc(OCC)cc3)C2c2ccc(C)o2)cc1. The second-order valence-electron chi connectivity index (χ2n) is 8.62. The highest BCUT2D eigenvalue weighted by Gasteiger charge is 2.48. The van der Waals surface area contributed by atoms with Crippen molar-refractivity contribution < 1.29 is 28.6 Å². The summed E-state index contributed by atoms with van der Waals surface area (Å²) in [5, 5.41) is 11.2. The third kappa shape index (κ3) is 5.15. The van der Waals surface area contributed by atoms with E-state index in [0.717, 1.165) is 19.3 Å². The molecule has 2 aromatic carbocycles. The van der Waals surface area contributed by atoms with Crippen molar-refractivity contribution in [2.45, 2.75) is 46.1 Å². The molecule has 7 heteroatoms. The summed E-state index contributed by atoms with van der Waals surface area (Å²) >= 11 is 0. The third-order valence-corrected chi connectivity index (χ3v) is 6.05. The maximum atomic E-state index is 13.2. The number of benzene rings is 2. The minimum Gasteiger partial charge on any atom is -0.507 e. The smallest absolute Gasteiger partial charge is 0.300 e. The van der Waals surface area contributed by atoms with Gasteiger partial charge in [-0.1, -0.05) is 19.8 Å². The number of hydrogen-bond donors (Lipinski definition) is 1. The van der Waals surface area contributed by atoms with E-state index in [0.29, 0.717) is 47.5 Å². The van der Waals surface area contributed by atoms with Crippen LogP contribution in [0, 0.1) is 6.92 Å². The van der Waals surface area contributed by atoms with Crippen LogP contribution in [0.2, 0.25) is 0 Å². The molecule has 7 nitrogen and oxygen atoms in total. The van der Waals surface area contributed by atoms with Crippen LogP contribution >= 0.6 is 0 Å². The largest absolute Gasteiger partial charge is 0.507 e. The maximum Gasteiger partial charge on any atom is 0.300 e. The van der Waals surface area contributed by atoms with E-state index in [1.54, 1.807) is 67.6 Å². The van der Waals surface area contributed by atoms with Gasteiger partial charge < -0.3 is 19.0 Å². The highest BCUT2D eigenvalue weighted by atomic mass is 16.5. The quantitative estimate of drug-likeness (QED) is 0.158. The van der Waals surface area contributed by atoms with Gasteiger partial charge >= 0.3 is 0 Å². The number of aliphatic hydroxyl groups is 1. The zero-order valence-electron chi connectivity index (χ0n) is 20.8. The summed E-state index contributed by atoms with van der Waals surface area (Å²) in [4.78, 5) is 27.8. The van der Waals surface area contributed by atoms with E-state index in [2.05, 4.69) is 6.92 Å². The average molecular weight is 490 g/mol. The van der Waals surface area contributed by atoms with Crippen molar-refractivity contribution in [2.75, 3.05) is 18.1 Å². The van der Waals surface area contributed by atoms with E-state index in [1.807, 2.05) is 6.92 Å². The maximum absolute atomic E-state index is 13.2. The summed E-state index contributed by atoms with van der Waals surface area (Å²) in [5.74, 6) is 0.565. The van der Waals surface area contributed by atoms with Crippen LogP contribution in [0.5, 0.6) is 11.5 Å². The van der Waals surface area contributed by atoms with Crippen LogP contribution in [-0.4, -0.2) is 30.0 Å². The normalized spacial score (nSPS) is 17.0. The number of anilines is 1. The number of unbranched alkanes of at least 4 members (excludes halogenated alkanes) is 2. The Morgan fingerprint density at radius 3 is 2.19 bits per heavy atom. The Balaban J connectivity index is 1.71. The molecule has 1 N–H and O–H groups in total. The lowest BCUT2D eigenvalue weighted by Crippen LogP contribution is -2.29. The van der Waals surface area contributed by atoms with Crippen molar-refractivity contribution in [1.29, 1.82) is 0 Å². The number of Topliss-reactive ketones (excluding diaryl/α,β-unsaturated/α-hetero) is 1. The van der Waals surface area contributed by atoms with E-state index in [4.69, 9.17) is 13.9 Å². The van der Waals surface area contributed by atoms with Gasteiger partial charge in [0.15, 0.2) is 0 Å². The molecule has 1 fully saturated rings. The first-order valence-electron chi connectivity index (χ1n) is 12.3. The minimum absolute atomic E-state index is 0.0279. The van der Waals surface area contributed by atoms with Crippen LogP contribution in [0.15, 0.2) is 70.7 Å². The van der Waals surface area contributed by atoms with Crippen molar-refractivity contribution in [2.24, 2.45) is 0 Å². The van der Waals surface area contributed by atoms with Crippen molar-refractivity contribution in [3.8, 4) is 11.5 Å². The highest BCUT2D eigenvalue weighted by molar-refractivity contribution is 6.51. The fourth-order valence-corrected chi connectivity index (χ4v) is 4.24. The van der Waals surface area contributed by atoms with Gasteiger partial charge in [0, 0.05) is 11.3 Å². The van der Waals surface area contributed by atoms with E-state index in [9.17, 15) is 14.7 Å². The number of rotatable bonds is 10. The fraction of sp³-hybridized carbons (Fsp3) is 0.310. The van der Waals surface area contributed by atoms with E-state index in [1.165, 1.54) is 4.90 Å². The number of aryl methyl sites for hydroxylation is 1. The molecule has 2 heterocycles. The Bertz CT molecular complexity index is 1240. The summed E-state index contributed by atoms with van der Waals surface area (Å²) < 4.78 is 17.1. The van der Waals surface area contributed by atoms with Gasteiger partial charge in [-0.15, -0.1) is 0 Å². The van der Waals surface area contributed by atoms with Crippen LogP contribution in [-0.2, 0) is 9.59 Å². The van der Waals surface area contributed by atoms with Crippen LogP contribution < -0.4 is 14.4 Å². The molecule has 1 unspecified atom stereocenters. The third-order valence-electron chi connectivity index (χ3n) is 6.05. The van der Waals surface area contributed by atoms with E-state index < -0.39 is 17.7 Å². The highest BCUT2D eigenvalue weighted by Crippen LogP contribution is 2.43. The lowest BCUT2D eigenvalue weighted by Gasteiger charge is -2.23. The molecule has 0 saturated carbocycles. The van der Waals surface area contributed by atoms with Crippen LogP contribution in [0.4, 0.5) is 5.69 Å². The van der Waals surface area contributed by atoms with E-state index in [-0.39, 0.29) is 11.3 Å². The molecular formula is C29H31NO6. The van der Waals surface area contributed by atoms with Gasteiger partial charge in [-0.2, -0.15) is 0 Å². The molecule has 1 saturated heterocycles. The zero-order valence-corrected chi connectivity index (χ0v) is 20.8. The molecule has 3 aromatic rings. The number of aliphatic hydroxyl groups excluding tert-OH is 1. The van der Waals surface area contributed by atoms with Gasteiger partial charge in [0.25, 0.3) is 11.7 Å². The standard InChI is InChI=1S/C29H31NO6/c1-4-6-7-18-35-23-13-9-20(10-14-23)27(31)25-26(24-17-8-19(3)36-24)30(29(33)28(25)32)21-11-15-22(16-12-21)34-5-2/h8-17,26,31H,4-7,18H2,1-3H3/b27-25-. The minimum atomic E-state index is -0.915. The number of nitrogens with zero attached hydrogens (tertiary/aromatic N) is 1. The number of furan rings is 1. The summed E-state index contributed by atoms with van der Waals surface area (Å²) in [6.45, 7) is 6.93. The summed E-state index contributed by atoms with van der Waals surface area (Å²) in [6.07, 6.45) is 3.18. The van der Waals surface area contributed by atoms with Crippen LogP contribution in [0.1, 0.15) is 56.2 Å². The lowest BCUT2D eigenvalue weighted by molar-refractivity contribution is -0.132. The number of carbonyl (C=O) groups excluding carboxylic acids is 2. The van der Waals surface area contributed by atoms with Gasteiger partial charge in [0.1, 0.15) is 34.8 Å². The van der Waals surface area contributed by atoms with Crippen molar-refractivity contribution >= 4 is 23.1 Å².